The second-order valence-corrected chi connectivity index (χ2v) is 17.8. The fourth-order valence-corrected chi connectivity index (χ4v) is 5.95. The molecule has 0 saturated carbocycles. The van der Waals surface area contributed by atoms with Crippen molar-refractivity contribution in [1.82, 2.24) is 9.80 Å². The van der Waals surface area contributed by atoms with Gasteiger partial charge in [0.25, 0.3) is 0 Å². The molecule has 2 fully saturated rings. The van der Waals surface area contributed by atoms with Crippen molar-refractivity contribution in [2.45, 2.75) is 104 Å². The van der Waals surface area contributed by atoms with Crippen molar-refractivity contribution in [1.29, 1.82) is 0 Å². The minimum absolute atomic E-state index is 0.0524. The Labute approximate surface area is 213 Å². The molecule has 0 aliphatic carbocycles. The number of ether oxygens (including phenoxy) is 1. The molecule has 2 aliphatic heterocycles. The van der Waals surface area contributed by atoms with E-state index in [0.29, 0.717) is 19.4 Å². The third-order valence-electron chi connectivity index (χ3n) is 8.04. The molecule has 1 aromatic carbocycles. The van der Waals surface area contributed by atoms with Crippen LogP contribution >= 0.6 is 0 Å². The van der Waals surface area contributed by atoms with Crippen molar-refractivity contribution >= 4 is 20.3 Å². The maximum atomic E-state index is 13.8. The fraction of sp³-hybridized carbons (Fsp3) is 0.714. The van der Waals surface area contributed by atoms with Gasteiger partial charge in [-0.15, -0.1) is 0 Å². The van der Waals surface area contributed by atoms with Gasteiger partial charge in [-0.1, -0.05) is 51.1 Å². The van der Waals surface area contributed by atoms with E-state index in [9.17, 15) is 9.59 Å². The van der Waals surface area contributed by atoms with E-state index in [0.717, 1.165) is 32.5 Å². The number of amides is 2. The standard InChI is InChI=1S/C28H46N2O4Si/c1-26(2,3)34-25(32)30-23(14-19-33-35(7,8)27(4,5)6)20-28(24(30)31)15-17-29(18-16-28)21-22-12-10-9-11-13-22/h9-13,23H,14-21H2,1-8H3/t23-/m0/s1. The van der Waals surface area contributed by atoms with E-state index in [-0.39, 0.29) is 17.0 Å². The SMILES string of the molecule is CC(C)(C)OC(=O)N1C(=O)C2(CCN(Cc3ccccc3)CC2)C[C@@H]1CCO[Si](C)(C)C(C)(C)C. The van der Waals surface area contributed by atoms with Gasteiger partial charge in [0.15, 0.2) is 8.32 Å². The molecular formula is C28H46N2O4Si. The number of hydrogen-bond donors (Lipinski definition) is 0. The molecule has 3 rings (SSSR count). The predicted molar refractivity (Wildman–Crippen MR) is 143 cm³/mol. The highest BCUT2D eigenvalue weighted by Gasteiger charge is 2.55. The Bertz CT molecular complexity index is 880. The summed E-state index contributed by atoms with van der Waals surface area (Å²) in [6.07, 6.45) is 2.40. The van der Waals surface area contributed by atoms with Crippen LogP contribution in [0.5, 0.6) is 0 Å². The Morgan fingerprint density at radius 1 is 1.06 bits per heavy atom. The molecule has 35 heavy (non-hydrogen) atoms. The molecule has 0 N–H and O–H groups in total. The molecule has 0 bridgehead atoms. The van der Waals surface area contributed by atoms with Crippen LogP contribution in [0.4, 0.5) is 4.79 Å². The molecule has 1 atom stereocenters. The van der Waals surface area contributed by atoms with E-state index in [2.05, 4.69) is 63.0 Å². The lowest BCUT2D eigenvalue weighted by atomic mass is 9.75. The Morgan fingerprint density at radius 3 is 2.20 bits per heavy atom. The lowest BCUT2D eigenvalue weighted by molar-refractivity contribution is -0.138. The molecular weight excluding hydrogens is 456 g/mol. The lowest BCUT2D eigenvalue weighted by Gasteiger charge is -2.38. The molecule has 2 aliphatic rings. The summed E-state index contributed by atoms with van der Waals surface area (Å²) in [7, 11) is -1.90. The van der Waals surface area contributed by atoms with Gasteiger partial charge in [-0.25, -0.2) is 9.69 Å². The van der Waals surface area contributed by atoms with Gasteiger partial charge in [0.1, 0.15) is 5.60 Å². The zero-order valence-corrected chi connectivity index (χ0v) is 24.1. The van der Waals surface area contributed by atoms with E-state index < -0.39 is 25.4 Å². The van der Waals surface area contributed by atoms with Gasteiger partial charge in [-0.3, -0.25) is 9.69 Å². The number of piperidine rings is 1. The molecule has 6 nitrogen and oxygen atoms in total. The van der Waals surface area contributed by atoms with Gasteiger partial charge < -0.3 is 9.16 Å². The summed E-state index contributed by atoms with van der Waals surface area (Å²) in [5.74, 6) is -0.0524. The van der Waals surface area contributed by atoms with Gasteiger partial charge in [0.2, 0.25) is 5.91 Å². The normalized spacial score (nSPS) is 21.5. The van der Waals surface area contributed by atoms with Crippen LogP contribution in [-0.2, 0) is 20.5 Å². The third kappa shape index (κ3) is 6.74. The number of imide groups is 1. The highest BCUT2D eigenvalue weighted by Crippen LogP contribution is 2.46. The van der Waals surface area contributed by atoms with Crippen molar-refractivity contribution in [3.05, 3.63) is 35.9 Å². The number of carbonyl (C=O) groups excluding carboxylic acids is 2. The van der Waals surface area contributed by atoms with Crippen molar-refractivity contribution in [3.63, 3.8) is 0 Å². The topological polar surface area (TPSA) is 59.1 Å². The van der Waals surface area contributed by atoms with Gasteiger partial charge in [0, 0.05) is 19.2 Å². The molecule has 2 amide bonds. The number of hydrogen-bond acceptors (Lipinski definition) is 5. The van der Waals surface area contributed by atoms with Crippen molar-refractivity contribution in [3.8, 4) is 0 Å². The smallest absolute Gasteiger partial charge is 0.417 e. The first-order valence-corrected chi connectivity index (χ1v) is 16.0. The molecule has 1 aromatic rings. The first-order valence-electron chi connectivity index (χ1n) is 13.1. The Morgan fingerprint density at radius 2 is 1.66 bits per heavy atom. The highest BCUT2D eigenvalue weighted by atomic mass is 28.4. The number of carbonyl (C=O) groups is 2. The number of likely N-dealkylation sites (tertiary alicyclic amines) is 2. The molecule has 0 unspecified atom stereocenters. The van der Waals surface area contributed by atoms with Crippen LogP contribution in [0.25, 0.3) is 0 Å². The zero-order chi connectivity index (χ0) is 26.1. The van der Waals surface area contributed by atoms with Crippen molar-refractivity contribution in [2.24, 2.45) is 5.41 Å². The van der Waals surface area contributed by atoms with E-state index in [1.165, 1.54) is 10.5 Å². The molecule has 0 radical (unpaired) electrons. The summed E-state index contributed by atoms with van der Waals surface area (Å²) in [6, 6.07) is 10.3. The molecule has 2 saturated heterocycles. The van der Waals surface area contributed by atoms with Crippen molar-refractivity contribution < 1.29 is 18.8 Å². The van der Waals surface area contributed by atoms with E-state index >= 15 is 0 Å². The maximum Gasteiger partial charge on any atom is 0.417 e. The molecule has 2 heterocycles. The van der Waals surface area contributed by atoms with E-state index in [1.807, 2.05) is 26.8 Å². The van der Waals surface area contributed by atoms with Gasteiger partial charge >= 0.3 is 6.09 Å². The van der Waals surface area contributed by atoms with Crippen LogP contribution in [0.3, 0.4) is 0 Å². The fourth-order valence-electron chi connectivity index (χ4n) is 4.89. The van der Waals surface area contributed by atoms with Crippen molar-refractivity contribution in [2.75, 3.05) is 19.7 Å². The molecule has 196 valence electrons. The average molecular weight is 503 g/mol. The van der Waals surface area contributed by atoms with Crippen LogP contribution in [0, 0.1) is 5.41 Å². The predicted octanol–water partition coefficient (Wildman–Crippen LogP) is 6.22. The quantitative estimate of drug-likeness (QED) is 0.432. The van der Waals surface area contributed by atoms with Crippen LogP contribution in [-0.4, -0.2) is 61.5 Å². The summed E-state index contributed by atoms with van der Waals surface area (Å²) in [6.45, 7) is 19.9. The van der Waals surface area contributed by atoms with Gasteiger partial charge in [0.05, 0.1) is 5.41 Å². The second-order valence-electron chi connectivity index (χ2n) is 13.0. The Kier molecular flexibility index (Phi) is 8.24. The van der Waals surface area contributed by atoms with Crippen LogP contribution in [0.2, 0.25) is 18.1 Å². The van der Waals surface area contributed by atoms with Gasteiger partial charge in [-0.05, 0) is 83.2 Å². The summed E-state index contributed by atoms with van der Waals surface area (Å²) in [5.41, 5.74) is 0.164. The first kappa shape index (κ1) is 27.9. The zero-order valence-electron chi connectivity index (χ0n) is 23.1. The summed E-state index contributed by atoms with van der Waals surface area (Å²) >= 11 is 0. The summed E-state index contributed by atoms with van der Waals surface area (Å²) in [4.78, 5) is 30.8. The maximum absolute atomic E-state index is 13.8. The number of nitrogens with zero attached hydrogens (tertiary/aromatic N) is 2. The first-order chi connectivity index (χ1) is 16.1. The van der Waals surface area contributed by atoms with E-state index in [4.69, 9.17) is 9.16 Å². The number of rotatable bonds is 6. The number of benzene rings is 1. The summed E-state index contributed by atoms with van der Waals surface area (Å²) < 4.78 is 12.1. The van der Waals surface area contributed by atoms with Crippen LogP contribution in [0.15, 0.2) is 30.3 Å². The largest absolute Gasteiger partial charge is 0.443 e. The third-order valence-corrected chi connectivity index (χ3v) is 12.6. The van der Waals surface area contributed by atoms with Gasteiger partial charge in [-0.2, -0.15) is 0 Å². The molecule has 1 spiro atoms. The molecule has 7 heteroatoms. The minimum Gasteiger partial charge on any atom is -0.443 e. The second kappa shape index (κ2) is 10.3. The van der Waals surface area contributed by atoms with Crippen LogP contribution in [0.1, 0.15) is 72.8 Å². The lowest BCUT2D eigenvalue weighted by Crippen LogP contribution is -2.47. The highest BCUT2D eigenvalue weighted by molar-refractivity contribution is 6.74. The average Bonchev–Trinajstić information content (AvgIpc) is 3.00. The Balaban J connectivity index is 1.70. The van der Waals surface area contributed by atoms with E-state index in [1.54, 1.807) is 0 Å². The summed E-state index contributed by atoms with van der Waals surface area (Å²) in [5, 5.41) is 0.121. The molecule has 0 aromatic heterocycles. The monoisotopic (exact) mass is 502 g/mol. The Hall–Kier alpha value is -1.70. The minimum atomic E-state index is -1.90. The van der Waals surface area contributed by atoms with Crippen LogP contribution < -0.4 is 0 Å².